The topological polar surface area (TPSA) is 58.6 Å². The highest BCUT2D eigenvalue weighted by Gasteiger charge is 2.35. The van der Waals surface area contributed by atoms with Crippen molar-refractivity contribution in [1.82, 2.24) is 10.2 Å². The zero-order valence-electron chi connectivity index (χ0n) is 16.4. The van der Waals surface area contributed by atoms with Crippen LogP contribution in [-0.2, 0) is 27.3 Å². The summed E-state index contributed by atoms with van der Waals surface area (Å²) < 4.78 is 41.2. The fourth-order valence-electron chi connectivity index (χ4n) is 3.22. The van der Waals surface area contributed by atoms with E-state index in [1.54, 1.807) is 11.8 Å². The highest BCUT2D eigenvalue weighted by Crippen LogP contribution is 2.25. The molecule has 2 amide bonds. The lowest BCUT2D eigenvalue weighted by Crippen LogP contribution is -2.54. The van der Waals surface area contributed by atoms with Crippen LogP contribution in [0.1, 0.15) is 38.3 Å². The number of carbonyl (C=O) groups excluding carboxylic acids is 2. The molecule has 5 nitrogen and oxygen atoms in total. The Labute approximate surface area is 163 Å². The highest BCUT2D eigenvalue weighted by atomic mass is 19.4. The van der Waals surface area contributed by atoms with Crippen molar-refractivity contribution in [3.63, 3.8) is 0 Å². The van der Waals surface area contributed by atoms with Crippen molar-refractivity contribution < 1.29 is 27.5 Å². The van der Waals surface area contributed by atoms with Gasteiger partial charge in [0.1, 0.15) is 12.6 Å². The molecule has 2 atom stereocenters. The molecule has 0 bridgehead atoms. The molecule has 1 aromatic rings. The monoisotopic (exact) mass is 400 g/mol. The maximum Gasteiger partial charge on any atom is 0.411 e. The third-order valence-electron chi connectivity index (χ3n) is 4.48. The van der Waals surface area contributed by atoms with Gasteiger partial charge in [-0.3, -0.25) is 9.59 Å². The van der Waals surface area contributed by atoms with Gasteiger partial charge in [-0.25, -0.2) is 0 Å². The van der Waals surface area contributed by atoms with Gasteiger partial charge in [0.2, 0.25) is 11.8 Å². The highest BCUT2D eigenvalue weighted by molar-refractivity contribution is 5.88. The number of halogens is 3. The second-order valence-electron chi connectivity index (χ2n) is 7.65. The summed E-state index contributed by atoms with van der Waals surface area (Å²) in [5, 5.41) is 2.68. The Hall–Kier alpha value is -2.09. The zero-order chi connectivity index (χ0) is 20.9. The average Bonchev–Trinajstić information content (AvgIpc) is 2.58. The number of nitrogens with zero attached hydrogens (tertiary/aromatic N) is 1. The van der Waals surface area contributed by atoms with E-state index >= 15 is 0 Å². The number of ether oxygens (including phenoxy) is 1. The molecule has 2 rings (SSSR count). The maximum atomic E-state index is 12.8. The van der Waals surface area contributed by atoms with Crippen molar-refractivity contribution in [2.24, 2.45) is 5.92 Å². The first-order chi connectivity index (χ1) is 13.1. The number of amides is 2. The van der Waals surface area contributed by atoms with Gasteiger partial charge < -0.3 is 15.0 Å². The fraction of sp³-hybridized carbons (Fsp3) is 0.600. The molecule has 28 heavy (non-hydrogen) atoms. The summed E-state index contributed by atoms with van der Waals surface area (Å²) in [6.45, 7) is 4.18. The van der Waals surface area contributed by atoms with E-state index in [-0.39, 0.29) is 24.3 Å². The molecule has 0 saturated heterocycles. The number of benzene rings is 1. The SMILES string of the molecule is CC(C)CC(=O)N1Cc2ccccc2CC1C(=O)NC(C)COCC(F)(F)F. The largest absolute Gasteiger partial charge is 0.411 e. The molecule has 1 heterocycles. The Morgan fingerprint density at radius 2 is 1.86 bits per heavy atom. The molecule has 1 aliphatic heterocycles. The summed E-state index contributed by atoms with van der Waals surface area (Å²) in [6, 6.07) is 6.35. The molecular formula is C20H27F3N2O3. The number of alkyl halides is 3. The lowest BCUT2D eigenvalue weighted by molar-refractivity contribution is -0.175. The standard InChI is InChI=1S/C20H27F3N2O3/c1-13(2)8-18(26)25-10-16-7-5-4-6-15(16)9-17(25)19(27)24-14(3)11-28-12-20(21,22)23/h4-7,13-14,17H,8-12H2,1-3H3,(H,24,27). The Kier molecular flexibility index (Phi) is 7.46. The Morgan fingerprint density at radius 1 is 1.21 bits per heavy atom. The van der Waals surface area contributed by atoms with Crippen LogP contribution in [0.5, 0.6) is 0 Å². The Balaban J connectivity index is 2.06. The summed E-state index contributed by atoms with van der Waals surface area (Å²) in [5.41, 5.74) is 2.00. The van der Waals surface area contributed by atoms with Crippen molar-refractivity contribution >= 4 is 11.8 Å². The van der Waals surface area contributed by atoms with Crippen molar-refractivity contribution in [2.75, 3.05) is 13.2 Å². The third kappa shape index (κ3) is 6.51. The van der Waals surface area contributed by atoms with Crippen molar-refractivity contribution in [2.45, 2.75) is 58.4 Å². The van der Waals surface area contributed by atoms with Crippen LogP contribution in [0.4, 0.5) is 13.2 Å². The van der Waals surface area contributed by atoms with Crippen LogP contribution in [0.3, 0.4) is 0 Å². The van der Waals surface area contributed by atoms with Crippen molar-refractivity contribution in [1.29, 1.82) is 0 Å². The van der Waals surface area contributed by atoms with E-state index in [2.05, 4.69) is 10.1 Å². The van der Waals surface area contributed by atoms with Gasteiger partial charge in [-0.1, -0.05) is 38.1 Å². The molecule has 0 radical (unpaired) electrons. The van der Waals surface area contributed by atoms with Crippen LogP contribution in [-0.4, -0.2) is 48.2 Å². The van der Waals surface area contributed by atoms with E-state index in [0.29, 0.717) is 19.4 Å². The summed E-state index contributed by atoms with van der Waals surface area (Å²) in [6.07, 6.45) is -3.70. The van der Waals surface area contributed by atoms with E-state index in [4.69, 9.17) is 0 Å². The Bertz CT molecular complexity index is 692. The quantitative estimate of drug-likeness (QED) is 0.765. The van der Waals surface area contributed by atoms with Crippen molar-refractivity contribution in [3.05, 3.63) is 35.4 Å². The van der Waals surface area contributed by atoms with Gasteiger partial charge in [-0.2, -0.15) is 13.2 Å². The van der Waals surface area contributed by atoms with E-state index in [1.165, 1.54) is 0 Å². The number of fused-ring (bicyclic) bond motifs is 1. The number of hydrogen-bond acceptors (Lipinski definition) is 3. The van der Waals surface area contributed by atoms with Gasteiger partial charge in [0.15, 0.2) is 0 Å². The number of nitrogens with one attached hydrogen (secondary N) is 1. The van der Waals surface area contributed by atoms with Crippen LogP contribution < -0.4 is 5.32 Å². The van der Waals surface area contributed by atoms with Gasteiger partial charge in [0.25, 0.3) is 0 Å². The summed E-state index contributed by atoms with van der Waals surface area (Å²) >= 11 is 0. The molecule has 0 saturated carbocycles. The minimum absolute atomic E-state index is 0.106. The average molecular weight is 400 g/mol. The molecule has 0 aliphatic carbocycles. The maximum absolute atomic E-state index is 12.8. The molecular weight excluding hydrogens is 373 g/mol. The van der Waals surface area contributed by atoms with Gasteiger partial charge >= 0.3 is 6.18 Å². The van der Waals surface area contributed by atoms with Gasteiger partial charge in [-0.15, -0.1) is 0 Å². The molecule has 0 fully saturated rings. The lowest BCUT2D eigenvalue weighted by atomic mass is 9.92. The van der Waals surface area contributed by atoms with Gasteiger partial charge in [0, 0.05) is 25.4 Å². The molecule has 0 spiro atoms. The van der Waals surface area contributed by atoms with Gasteiger partial charge in [-0.05, 0) is 24.0 Å². The second-order valence-corrected chi connectivity index (χ2v) is 7.65. The fourth-order valence-corrected chi connectivity index (χ4v) is 3.22. The molecule has 156 valence electrons. The van der Waals surface area contributed by atoms with E-state index in [1.807, 2.05) is 38.1 Å². The minimum Gasteiger partial charge on any atom is -0.370 e. The lowest BCUT2D eigenvalue weighted by Gasteiger charge is -2.37. The summed E-state index contributed by atoms with van der Waals surface area (Å²) in [4.78, 5) is 27.1. The minimum atomic E-state index is -4.41. The number of hydrogen-bond donors (Lipinski definition) is 1. The summed E-state index contributed by atoms with van der Waals surface area (Å²) in [7, 11) is 0. The van der Waals surface area contributed by atoms with Crippen LogP contribution in [0.25, 0.3) is 0 Å². The molecule has 8 heteroatoms. The molecule has 2 unspecified atom stereocenters. The molecule has 1 N–H and O–H groups in total. The predicted octanol–water partition coefficient (Wildman–Crippen LogP) is 3.07. The van der Waals surface area contributed by atoms with Gasteiger partial charge in [0.05, 0.1) is 6.61 Å². The third-order valence-corrected chi connectivity index (χ3v) is 4.48. The van der Waals surface area contributed by atoms with E-state index in [9.17, 15) is 22.8 Å². The first kappa shape index (κ1) is 22.2. The normalized spacial score (nSPS) is 18.0. The zero-order valence-corrected chi connectivity index (χ0v) is 16.4. The molecule has 1 aliphatic rings. The van der Waals surface area contributed by atoms with Crippen LogP contribution in [0, 0.1) is 5.92 Å². The van der Waals surface area contributed by atoms with Crippen LogP contribution in [0.15, 0.2) is 24.3 Å². The van der Waals surface area contributed by atoms with Crippen LogP contribution in [0.2, 0.25) is 0 Å². The van der Waals surface area contributed by atoms with Crippen molar-refractivity contribution in [3.8, 4) is 0 Å². The first-order valence-electron chi connectivity index (χ1n) is 9.38. The van der Waals surface area contributed by atoms with E-state index in [0.717, 1.165) is 11.1 Å². The smallest absolute Gasteiger partial charge is 0.370 e. The Morgan fingerprint density at radius 3 is 2.46 bits per heavy atom. The number of carbonyl (C=O) groups is 2. The second kappa shape index (κ2) is 9.41. The van der Waals surface area contributed by atoms with Crippen LogP contribution >= 0.6 is 0 Å². The number of rotatable bonds is 7. The molecule has 1 aromatic carbocycles. The molecule has 0 aromatic heterocycles. The summed E-state index contributed by atoms with van der Waals surface area (Å²) in [5.74, 6) is -0.330. The van der Waals surface area contributed by atoms with E-state index < -0.39 is 24.9 Å². The first-order valence-corrected chi connectivity index (χ1v) is 9.38. The predicted molar refractivity (Wildman–Crippen MR) is 98.4 cm³/mol.